The van der Waals surface area contributed by atoms with E-state index in [0.717, 1.165) is 31.9 Å². The highest BCUT2D eigenvalue weighted by molar-refractivity contribution is 5.51. The topological polar surface area (TPSA) is 18.5 Å². The Morgan fingerprint density at radius 1 is 1.19 bits per heavy atom. The number of nitrogens with zero attached hydrogens (tertiary/aromatic N) is 2. The Labute approximate surface area is 123 Å². The molecule has 1 aliphatic heterocycles. The molecule has 118 valence electrons. The zero-order valence-corrected chi connectivity index (χ0v) is 12.7. The van der Waals surface area contributed by atoms with Crippen LogP contribution in [0.1, 0.15) is 24.1 Å². The lowest BCUT2D eigenvalue weighted by Gasteiger charge is -2.34. The van der Waals surface area contributed by atoms with Gasteiger partial charge < -0.3 is 10.2 Å². The molecule has 2 rings (SSSR count). The van der Waals surface area contributed by atoms with E-state index in [2.05, 4.69) is 10.2 Å². The molecule has 0 aliphatic carbocycles. The molecule has 1 atom stereocenters. The van der Waals surface area contributed by atoms with E-state index in [1.54, 1.807) is 6.07 Å². The van der Waals surface area contributed by atoms with Crippen molar-refractivity contribution in [3.05, 3.63) is 29.3 Å². The van der Waals surface area contributed by atoms with Crippen LogP contribution in [0.2, 0.25) is 0 Å². The normalized spacial score (nSPS) is 18.6. The van der Waals surface area contributed by atoms with Crippen LogP contribution in [0.15, 0.2) is 18.2 Å². The van der Waals surface area contributed by atoms with Crippen molar-refractivity contribution in [3.63, 3.8) is 0 Å². The predicted octanol–water partition coefficient (Wildman–Crippen LogP) is 2.74. The van der Waals surface area contributed by atoms with Crippen molar-refractivity contribution in [2.45, 2.75) is 19.1 Å². The second kappa shape index (κ2) is 6.23. The molecule has 3 nitrogen and oxygen atoms in total. The van der Waals surface area contributed by atoms with E-state index in [1.807, 2.05) is 25.9 Å². The molecular weight excluding hydrogens is 279 g/mol. The van der Waals surface area contributed by atoms with Crippen molar-refractivity contribution < 1.29 is 13.2 Å². The third kappa shape index (κ3) is 3.68. The van der Waals surface area contributed by atoms with Crippen LogP contribution in [0.4, 0.5) is 18.9 Å². The Hall–Kier alpha value is -1.27. The van der Waals surface area contributed by atoms with Crippen molar-refractivity contribution in [2.75, 3.05) is 45.2 Å². The second-order valence-corrected chi connectivity index (χ2v) is 5.63. The van der Waals surface area contributed by atoms with E-state index in [9.17, 15) is 13.2 Å². The maximum absolute atomic E-state index is 13.3. The molecular formula is C15H22F3N3. The summed E-state index contributed by atoms with van der Waals surface area (Å²) in [7, 11) is 3.67. The number of nitrogens with one attached hydrogen (secondary N) is 1. The molecule has 6 heteroatoms. The van der Waals surface area contributed by atoms with Gasteiger partial charge in [-0.2, -0.15) is 13.2 Å². The van der Waals surface area contributed by atoms with Crippen molar-refractivity contribution in [1.82, 2.24) is 10.2 Å². The van der Waals surface area contributed by atoms with Crippen LogP contribution in [0, 0.1) is 0 Å². The highest BCUT2D eigenvalue weighted by atomic mass is 19.4. The summed E-state index contributed by atoms with van der Waals surface area (Å²) in [5.41, 5.74) is 0.620. The van der Waals surface area contributed by atoms with Gasteiger partial charge in [0.05, 0.1) is 5.56 Å². The summed E-state index contributed by atoms with van der Waals surface area (Å²) in [4.78, 5) is 3.93. The van der Waals surface area contributed by atoms with E-state index < -0.39 is 11.7 Å². The van der Waals surface area contributed by atoms with Gasteiger partial charge in [-0.05, 0) is 30.7 Å². The average molecular weight is 301 g/mol. The molecule has 1 fully saturated rings. The van der Waals surface area contributed by atoms with Crippen LogP contribution in [0.25, 0.3) is 0 Å². The van der Waals surface area contributed by atoms with Crippen LogP contribution in [0.5, 0.6) is 0 Å². The number of halogens is 3. The van der Waals surface area contributed by atoms with E-state index in [4.69, 9.17) is 0 Å². The standard InChI is InChI=1S/C15H22F3N3/c1-11(21-8-6-19-7-9-21)13-10-12(20(2)3)4-5-14(13)15(16,17)18/h4-5,10-11,19H,6-9H2,1-3H3. The quantitative estimate of drug-likeness (QED) is 0.926. The average Bonchev–Trinajstić information content (AvgIpc) is 2.45. The van der Waals surface area contributed by atoms with Gasteiger partial charge in [-0.15, -0.1) is 0 Å². The lowest BCUT2D eigenvalue weighted by atomic mass is 9.98. The summed E-state index contributed by atoms with van der Waals surface area (Å²) in [6.07, 6.45) is -4.32. The SMILES string of the molecule is CC(c1cc(N(C)C)ccc1C(F)(F)F)N1CCNCC1. The molecule has 1 saturated heterocycles. The first-order valence-electron chi connectivity index (χ1n) is 7.14. The fourth-order valence-corrected chi connectivity index (χ4v) is 2.70. The molecule has 21 heavy (non-hydrogen) atoms. The number of hydrogen-bond donors (Lipinski definition) is 1. The summed E-state index contributed by atoms with van der Waals surface area (Å²) in [6.45, 7) is 5.03. The van der Waals surface area contributed by atoms with E-state index in [1.165, 1.54) is 12.1 Å². The molecule has 1 unspecified atom stereocenters. The predicted molar refractivity (Wildman–Crippen MR) is 78.6 cm³/mol. The maximum Gasteiger partial charge on any atom is 0.416 e. The summed E-state index contributed by atoms with van der Waals surface area (Å²) >= 11 is 0. The molecule has 0 amide bonds. The summed E-state index contributed by atoms with van der Waals surface area (Å²) in [5, 5.41) is 3.22. The number of piperazine rings is 1. The van der Waals surface area contributed by atoms with Crippen molar-refractivity contribution in [1.29, 1.82) is 0 Å². The highest BCUT2D eigenvalue weighted by Gasteiger charge is 2.35. The first-order valence-corrected chi connectivity index (χ1v) is 7.14. The smallest absolute Gasteiger partial charge is 0.378 e. The summed E-state index contributed by atoms with van der Waals surface area (Å²) in [6, 6.07) is 4.14. The number of alkyl halides is 3. The number of hydrogen-bond acceptors (Lipinski definition) is 3. The Kier molecular flexibility index (Phi) is 4.78. The summed E-state index contributed by atoms with van der Waals surface area (Å²) in [5.74, 6) is 0. The van der Waals surface area contributed by atoms with Crippen molar-refractivity contribution in [3.8, 4) is 0 Å². The lowest BCUT2D eigenvalue weighted by Crippen LogP contribution is -2.44. The molecule has 1 aromatic carbocycles. The third-order valence-corrected chi connectivity index (χ3v) is 4.01. The zero-order chi connectivity index (χ0) is 15.6. The minimum absolute atomic E-state index is 0.247. The maximum atomic E-state index is 13.3. The van der Waals surface area contributed by atoms with Crippen molar-refractivity contribution >= 4 is 5.69 Å². The Morgan fingerprint density at radius 3 is 2.33 bits per heavy atom. The van der Waals surface area contributed by atoms with Gasteiger partial charge in [-0.25, -0.2) is 0 Å². The van der Waals surface area contributed by atoms with E-state index in [0.29, 0.717) is 5.56 Å². The molecule has 0 aromatic heterocycles. The molecule has 1 aliphatic rings. The first kappa shape index (κ1) is 16.1. The van der Waals surface area contributed by atoms with Gasteiger partial charge >= 0.3 is 6.18 Å². The number of rotatable bonds is 3. The van der Waals surface area contributed by atoms with E-state index in [-0.39, 0.29) is 6.04 Å². The van der Waals surface area contributed by atoms with Crippen LogP contribution in [-0.4, -0.2) is 45.2 Å². The van der Waals surface area contributed by atoms with Crippen LogP contribution in [-0.2, 0) is 6.18 Å². The first-order chi connectivity index (χ1) is 9.80. The Balaban J connectivity index is 2.39. The molecule has 0 saturated carbocycles. The van der Waals surface area contributed by atoms with Gasteiger partial charge in [0.25, 0.3) is 0 Å². The highest BCUT2D eigenvalue weighted by Crippen LogP contribution is 2.38. The fraction of sp³-hybridized carbons (Fsp3) is 0.600. The van der Waals surface area contributed by atoms with Crippen LogP contribution >= 0.6 is 0 Å². The lowest BCUT2D eigenvalue weighted by molar-refractivity contribution is -0.138. The molecule has 0 spiro atoms. The minimum atomic E-state index is -4.32. The van der Waals surface area contributed by atoms with Crippen molar-refractivity contribution in [2.24, 2.45) is 0 Å². The third-order valence-electron chi connectivity index (χ3n) is 4.01. The molecule has 1 heterocycles. The van der Waals surface area contributed by atoms with Crippen LogP contribution in [0.3, 0.4) is 0 Å². The largest absolute Gasteiger partial charge is 0.416 e. The van der Waals surface area contributed by atoms with Gasteiger partial charge in [0.15, 0.2) is 0 Å². The molecule has 1 aromatic rings. The number of benzene rings is 1. The van der Waals surface area contributed by atoms with Gasteiger partial charge in [-0.3, -0.25) is 4.90 Å². The molecule has 0 radical (unpaired) electrons. The fourth-order valence-electron chi connectivity index (χ4n) is 2.70. The Bertz CT molecular complexity index is 480. The monoisotopic (exact) mass is 301 g/mol. The van der Waals surface area contributed by atoms with Gasteiger partial charge in [0, 0.05) is 52.0 Å². The number of anilines is 1. The van der Waals surface area contributed by atoms with E-state index >= 15 is 0 Å². The second-order valence-electron chi connectivity index (χ2n) is 5.63. The van der Waals surface area contributed by atoms with Gasteiger partial charge in [0.1, 0.15) is 0 Å². The van der Waals surface area contributed by atoms with Gasteiger partial charge in [-0.1, -0.05) is 0 Å². The summed E-state index contributed by atoms with van der Waals surface area (Å²) < 4.78 is 39.8. The molecule has 1 N–H and O–H groups in total. The zero-order valence-electron chi connectivity index (χ0n) is 12.7. The minimum Gasteiger partial charge on any atom is -0.378 e. The molecule has 0 bridgehead atoms. The van der Waals surface area contributed by atoms with Crippen LogP contribution < -0.4 is 10.2 Å². The van der Waals surface area contributed by atoms with Gasteiger partial charge in [0.2, 0.25) is 0 Å². The Morgan fingerprint density at radius 2 is 1.81 bits per heavy atom.